The molecule has 10 nitrogen and oxygen atoms in total. The Morgan fingerprint density at radius 1 is 1.14 bits per heavy atom. The standard InChI is InChI=1S/C23H43N3O7Si2/c1-21(2,3)34(7,8)31-15-16-23(29,12-13-24-30)18(33-35(9,10)22(4,5)6)19(32-16)26-14-11-17(27)25-20(26)28/h11,13-14,16,18-19,29-30H,12,15H2,1-10H3,(H,25,27,28)/b24-13+. The van der Waals surface area contributed by atoms with E-state index in [1.165, 1.54) is 23.0 Å². The third-order valence-electron chi connectivity index (χ3n) is 7.87. The van der Waals surface area contributed by atoms with E-state index in [9.17, 15) is 14.7 Å². The molecule has 0 aliphatic carbocycles. The zero-order chi connectivity index (χ0) is 27.0. The fourth-order valence-corrected chi connectivity index (χ4v) is 5.71. The minimum Gasteiger partial charge on any atom is -0.414 e. The molecule has 200 valence electrons. The van der Waals surface area contributed by atoms with Crippen molar-refractivity contribution in [3.8, 4) is 0 Å². The van der Waals surface area contributed by atoms with E-state index in [1.807, 2.05) is 13.1 Å². The lowest BCUT2D eigenvalue weighted by Crippen LogP contribution is -2.57. The molecule has 0 saturated carbocycles. The number of hydrogen-bond donors (Lipinski definition) is 3. The summed E-state index contributed by atoms with van der Waals surface area (Å²) in [6, 6.07) is 1.22. The van der Waals surface area contributed by atoms with Crippen LogP contribution in [0, 0.1) is 0 Å². The molecule has 3 N–H and O–H groups in total. The summed E-state index contributed by atoms with van der Waals surface area (Å²) >= 11 is 0. The normalized spacial score (nSPS) is 26.5. The van der Waals surface area contributed by atoms with Gasteiger partial charge in [0, 0.05) is 24.9 Å². The van der Waals surface area contributed by atoms with Crippen LogP contribution in [0.1, 0.15) is 54.2 Å². The lowest BCUT2D eigenvalue weighted by molar-refractivity contribution is -0.0835. The molecule has 1 aromatic rings. The summed E-state index contributed by atoms with van der Waals surface area (Å²) in [6.45, 7) is 20.9. The number of rotatable bonds is 8. The van der Waals surface area contributed by atoms with Gasteiger partial charge in [0.05, 0.1) is 6.61 Å². The fourth-order valence-electron chi connectivity index (χ4n) is 3.40. The summed E-state index contributed by atoms with van der Waals surface area (Å²) in [5.41, 5.74) is -2.87. The monoisotopic (exact) mass is 529 g/mol. The molecule has 1 aromatic heterocycles. The lowest BCUT2D eigenvalue weighted by Gasteiger charge is -2.43. The summed E-state index contributed by atoms with van der Waals surface area (Å²) in [6.07, 6.45) is -0.443. The van der Waals surface area contributed by atoms with Crippen LogP contribution in [-0.4, -0.2) is 67.1 Å². The van der Waals surface area contributed by atoms with Crippen LogP contribution in [0.4, 0.5) is 0 Å². The van der Waals surface area contributed by atoms with Crippen LogP contribution < -0.4 is 11.2 Å². The molecule has 0 radical (unpaired) electrons. The lowest BCUT2D eigenvalue weighted by atomic mass is 9.89. The molecule has 1 saturated heterocycles. The zero-order valence-electron chi connectivity index (χ0n) is 22.7. The summed E-state index contributed by atoms with van der Waals surface area (Å²) in [5, 5.41) is 24.1. The van der Waals surface area contributed by atoms with Crippen molar-refractivity contribution in [3.05, 3.63) is 33.1 Å². The number of H-pyrrole nitrogens is 1. The number of hydrogen-bond acceptors (Lipinski definition) is 8. The van der Waals surface area contributed by atoms with Crippen LogP contribution in [0.3, 0.4) is 0 Å². The van der Waals surface area contributed by atoms with Crippen LogP contribution in [0.5, 0.6) is 0 Å². The highest BCUT2D eigenvalue weighted by molar-refractivity contribution is 6.74. The second-order valence-corrected chi connectivity index (χ2v) is 22.0. The summed E-state index contributed by atoms with van der Waals surface area (Å²) < 4.78 is 20.6. The number of aromatic amines is 1. The Labute approximate surface area is 209 Å². The van der Waals surface area contributed by atoms with Crippen LogP contribution in [0.25, 0.3) is 0 Å². The Morgan fingerprint density at radius 3 is 2.20 bits per heavy atom. The topological polar surface area (TPSA) is 135 Å². The average Bonchev–Trinajstić information content (AvgIpc) is 2.95. The highest BCUT2D eigenvalue weighted by Gasteiger charge is 2.59. The molecule has 4 unspecified atom stereocenters. The van der Waals surface area contributed by atoms with Crippen molar-refractivity contribution in [2.75, 3.05) is 6.61 Å². The van der Waals surface area contributed by atoms with E-state index < -0.39 is 51.9 Å². The molecular formula is C23H43N3O7Si2. The van der Waals surface area contributed by atoms with Gasteiger partial charge in [0.1, 0.15) is 17.8 Å². The Balaban J connectivity index is 2.61. The quantitative estimate of drug-likeness (QED) is 0.203. The molecule has 2 heterocycles. The maximum absolute atomic E-state index is 12.7. The Bertz CT molecular complexity index is 1020. The first-order valence-electron chi connectivity index (χ1n) is 11.9. The van der Waals surface area contributed by atoms with Gasteiger partial charge in [-0.3, -0.25) is 14.3 Å². The molecule has 0 spiro atoms. The van der Waals surface area contributed by atoms with Crippen LogP contribution >= 0.6 is 0 Å². The van der Waals surface area contributed by atoms with Crippen molar-refractivity contribution in [2.45, 2.75) is 108 Å². The van der Waals surface area contributed by atoms with E-state index in [-0.39, 0.29) is 23.1 Å². The smallest absolute Gasteiger partial charge is 0.330 e. The van der Waals surface area contributed by atoms with E-state index in [0.717, 1.165) is 0 Å². The minimum absolute atomic E-state index is 0.0669. The maximum Gasteiger partial charge on any atom is 0.330 e. The average molecular weight is 530 g/mol. The first-order valence-corrected chi connectivity index (χ1v) is 17.8. The molecule has 35 heavy (non-hydrogen) atoms. The highest BCUT2D eigenvalue weighted by Crippen LogP contribution is 2.47. The molecule has 0 aromatic carbocycles. The maximum atomic E-state index is 12.7. The SMILES string of the molecule is CC(C)(C)[Si](C)(C)OCC1OC(n2ccc(=O)[nH]c2=O)C(O[Si](C)(C)C(C)(C)C)C1(O)C/C=N/O. The summed E-state index contributed by atoms with van der Waals surface area (Å²) in [7, 11) is -4.69. The van der Waals surface area contributed by atoms with Crippen molar-refractivity contribution in [3.63, 3.8) is 0 Å². The molecule has 4 atom stereocenters. The van der Waals surface area contributed by atoms with Gasteiger partial charge in [-0.15, -0.1) is 5.16 Å². The summed E-state index contributed by atoms with van der Waals surface area (Å²) in [4.78, 5) is 26.7. The minimum atomic E-state index is -2.49. The third-order valence-corrected chi connectivity index (χ3v) is 16.8. The zero-order valence-corrected chi connectivity index (χ0v) is 24.7. The fraction of sp³-hybridized carbons (Fsp3) is 0.783. The number of oxime groups is 1. The van der Waals surface area contributed by atoms with Gasteiger partial charge < -0.3 is 23.9 Å². The van der Waals surface area contributed by atoms with E-state index >= 15 is 0 Å². The Morgan fingerprint density at radius 2 is 1.71 bits per heavy atom. The molecule has 12 heteroatoms. The molecule has 0 bridgehead atoms. The van der Waals surface area contributed by atoms with Crippen molar-refractivity contribution in [1.82, 2.24) is 9.55 Å². The molecule has 2 rings (SSSR count). The number of nitrogens with zero attached hydrogens (tertiary/aromatic N) is 2. The van der Waals surface area contributed by atoms with Gasteiger partial charge in [-0.05, 0) is 36.3 Å². The van der Waals surface area contributed by atoms with E-state index in [1.54, 1.807) is 0 Å². The van der Waals surface area contributed by atoms with Gasteiger partial charge in [0.15, 0.2) is 22.9 Å². The van der Waals surface area contributed by atoms with Crippen LogP contribution in [0.15, 0.2) is 27.0 Å². The van der Waals surface area contributed by atoms with Gasteiger partial charge in [-0.25, -0.2) is 4.79 Å². The van der Waals surface area contributed by atoms with E-state index in [4.69, 9.17) is 18.8 Å². The van der Waals surface area contributed by atoms with E-state index in [0.29, 0.717) is 0 Å². The molecule has 1 fully saturated rings. The Kier molecular flexibility index (Phi) is 8.52. The molecule has 1 aliphatic heterocycles. The largest absolute Gasteiger partial charge is 0.414 e. The van der Waals surface area contributed by atoms with Crippen LogP contribution in [-0.2, 0) is 13.6 Å². The van der Waals surface area contributed by atoms with Gasteiger partial charge in [-0.1, -0.05) is 41.5 Å². The van der Waals surface area contributed by atoms with Crippen molar-refractivity contribution < 1.29 is 23.9 Å². The van der Waals surface area contributed by atoms with Gasteiger partial charge in [0.25, 0.3) is 5.56 Å². The third kappa shape index (κ3) is 6.23. The number of aliphatic hydroxyl groups is 1. The second-order valence-electron chi connectivity index (χ2n) is 12.4. The van der Waals surface area contributed by atoms with Crippen molar-refractivity contribution in [1.29, 1.82) is 0 Å². The van der Waals surface area contributed by atoms with Crippen molar-refractivity contribution >= 4 is 22.8 Å². The molecular weight excluding hydrogens is 486 g/mol. The Hall–Kier alpha value is -1.58. The predicted molar refractivity (Wildman–Crippen MR) is 140 cm³/mol. The van der Waals surface area contributed by atoms with Crippen LogP contribution in [0.2, 0.25) is 36.3 Å². The number of ether oxygens (including phenoxy) is 1. The van der Waals surface area contributed by atoms with Gasteiger partial charge >= 0.3 is 5.69 Å². The molecule has 1 aliphatic rings. The first kappa shape index (κ1) is 29.7. The second kappa shape index (κ2) is 10.1. The predicted octanol–water partition coefficient (Wildman–Crippen LogP) is 3.43. The molecule has 0 amide bonds. The first-order chi connectivity index (χ1) is 15.8. The van der Waals surface area contributed by atoms with Gasteiger partial charge in [-0.2, -0.15) is 0 Å². The van der Waals surface area contributed by atoms with Gasteiger partial charge in [0.2, 0.25) is 0 Å². The number of aromatic nitrogens is 2. The van der Waals surface area contributed by atoms with Crippen molar-refractivity contribution in [2.24, 2.45) is 5.16 Å². The van der Waals surface area contributed by atoms with E-state index in [2.05, 4.69) is 64.8 Å². The summed E-state index contributed by atoms with van der Waals surface area (Å²) in [5.74, 6) is 0. The number of nitrogens with one attached hydrogen (secondary N) is 1. The highest BCUT2D eigenvalue weighted by atomic mass is 28.4.